The molecule has 1 rings (SSSR count). The Kier molecular flexibility index (Phi) is 4.78. The van der Waals surface area contributed by atoms with Crippen molar-refractivity contribution in [3.63, 3.8) is 0 Å². The van der Waals surface area contributed by atoms with Gasteiger partial charge >= 0.3 is 0 Å². The lowest BCUT2D eigenvalue weighted by atomic mass is 10.3. The number of anilines is 1. The van der Waals surface area contributed by atoms with Crippen LogP contribution >= 0.6 is 27.7 Å². The molecule has 0 amide bonds. The van der Waals surface area contributed by atoms with Crippen molar-refractivity contribution >= 4 is 33.4 Å². The SMILES string of the molecule is CCC(O)CSc1ccc(Br)cc1N. The summed E-state index contributed by atoms with van der Waals surface area (Å²) in [6, 6.07) is 5.80. The highest BCUT2D eigenvalue weighted by Crippen LogP contribution is 2.28. The summed E-state index contributed by atoms with van der Waals surface area (Å²) in [5.74, 6) is 0.697. The monoisotopic (exact) mass is 275 g/mol. The van der Waals surface area contributed by atoms with E-state index in [1.165, 1.54) is 0 Å². The van der Waals surface area contributed by atoms with Gasteiger partial charge in [0.25, 0.3) is 0 Å². The van der Waals surface area contributed by atoms with Crippen LogP contribution in [0.3, 0.4) is 0 Å². The van der Waals surface area contributed by atoms with E-state index in [2.05, 4.69) is 15.9 Å². The Hall–Kier alpha value is -0.190. The first-order valence-corrected chi connectivity index (χ1v) is 6.27. The van der Waals surface area contributed by atoms with Gasteiger partial charge in [0.1, 0.15) is 0 Å². The molecule has 2 nitrogen and oxygen atoms in total. The van der Waals surface area contributed by atoms with E-state index in [1.807, 2.05) is 25.1 Å². The van der Waals surface area contributed by atoms with Gasteiger partial charge in [0.05, 0.1) is 6.10 Å². The van der Waals surface area contributed by atoms with Gasteiger partial charge < -0.3 is 10.8 Å². The molecule has 0 saturated heterocycles. The number of thioether (sulfide) groups is 1. The van der Waals surface area contributed by atoms with Gasteiger partial charge in [0.15, 0.2) is 0 Å². The summed E-state index contributed by atoms with van der Waals surface area (Å²) in [5, 5.41) is 9.39. The fraction of sp³-hybridized carbons (Fsp3) is 0.400. The second-order valence-corrected chi connectivity index (χ2v) is 5.03. The molecule has 0 spiro atoms. The van der Waals surface area contributed by atoms with E-state index >= 15 is 0 Å². The predicted octanol–water partition coefficient (Wildman–Crippen LogP) is 2.89. The summed E-state index contributed by atoms with van der Waals surface area (Å²) < 4.78 is 0.982. The van der Waals surface area contributed by atoms with E-state index < -0.39 is 0 Å². The van der Waals surface area contributed by atoms with Crippen molar-refractivity contribution in [1.29, 1.82) is 0 Å². The molecule has 0 aliphatic rings. The molecule has 3 N–H and O–H groups in total. The summed E-state index contributed by atoms with van der Waals surface area (Å²) in [5.41, 5.74) is 6.57. The van der Waals surface area contributed by atoms with Crippen LogP contribution in [-0.4, -0.2) is 17.0 Å². The van der Waals surface area contributed by atoms with Crippen molar-refractivity contribution in [1.82, 2.24) is 0 Å². The number of nitrogens with two attached hydrogens (primary N) is 1. The van der Waals surface area contributed by atoms with Gasteiger partial charge in [0, 0.05) is 20.8 Å². The molecule has 0 heterocycles. The average Bonchev–Trinajstić information content (AvgIpc) is 2.16. The summed E-state index contributed by atoms with van der Waals surface area (Å²) in [6.07, 6.45) is 0.534. The molecule has 1 aromatic rings. The van der Waals surface area contributed by atoms with Crippen molar-refractivity contribution < 1.29 is 5.11 Å². The molecule has 1 aromatic carbocycles. The number of hydrogen-bond acceptors (Lipinski definition) is 3. The van der Waals surface area contributed by atoms with Crippen molar-refractivity contribution in [3.05, 3.63) is 22.7 Å². The number of hydrogen-bond donors (Lipinski definition) is 2. The van der Waals surface area contributed by atoms with Crippen molar-refractivity contribution in [2.24, 2.45) is 0 Å². The third-order valence-corrected chi connectivity index (χ3v) is 3.60. The normalized spacial score (nSPS) is 12.8. The molecule has 0 saturated carbocycles. The minimum absolute atomic E-state index is 0.247. The van der Waals surface area contributed by atoms with Gasteiger partial charge in [0.2, 0.25) is 0 Å². The van der Waals surface area contributed by atoms with Gasteiger partial charge in [-0.1, -0.05) is 22.9 Å². The molecule has 0 aliphatic heterocycles. The Bertz CT molecular complexity index is 306. The topological polar surface area (TPSA) is 46.2 Å². The second kappa shape index (κ2) is 5.63. The Morgan fingerprint density at radius 2 is 2.29 bits per heavy atom. The van der Waals surface area contributed by atoms with Crippen LogP contribution in [0.5, 0.6) is 0 Å². The van der Waals surface area contributed by atoms with E-state index in [0.29, 0.717) is 5.75 Å². The van der Waals surface area contributed by atoms with Gasteiger partial charge in [-0.3, -0.25) is 0 Å². The molecule has 1 atom stereocenters. The van der Waals surface area contributed by atoms with Crippen molar-refractivity contribution in [3.8, 4) is 0 Å². The number of aliphatic hydroxyl groups excluding tert-OH is 1. The Morgan fingerprint density at radius 1 is 1.57 bits per heavy atom. The van der Waals surface area contributed by atoms with Gasteiger partial charge in [-0.2, -0.15) is 0 Å². The Labute approximate surface area is 97.0 Å². The molecule has 0 bridgehead atoms. The zero-order valence-electron chi connectivity index (χ0n) is 8.03. The summed E-state index contributed by atoms with van der Waals surface area (Å²) in [7, 11) is 0. The van der Waals surface area contributed by atoms with Crippen LogP contribution < -0.4 is 5.73 Å². The minimum atomic E-state index is -0.247. The van der Waals surface area contributed by atoms with Crippen LogP contribution in [0.15, 0.2) is 27.6 Å². The van der Waals surface area contributed by atoms with E-state index in [9.17, 15) is 5.11 Å². The maximum absolute atomic E-state index is 9.39. The van der Waals surface area contributed by atoms with Crippen LogP contribution in [0, 0.1) is 0 Å². The first-order valence-electron chi connectivity index (χ1n) is 4.49. The number of halogens is 1. The first kappa shape index (κ1) is 11.9. The highest BCUT2D eigenvalue weighted by atomic mass is 79.9. The molecule has 14 heavy (non-hydrogen) atoms. The first-order chi connectivity index (χ1) is 6.63. The quantitative estimate of drug-likeness (QED) is 0.656. The molecule has 1 unspecified atom stereocenters. The number of aliphatic hydroxyl groups is 1. The molecular weight excluding hydrogens is 262 g/mol. The molecule has 0 radical (unpaired) electrons. The van der Waals surface area contributed by atoms with Crippen LogP contribution in [-0.2, 0) is 0 Å². The molecule has 78 valence electrons. The van der Waals surface area contributed by atoms with Gasteiger partial charge in [-0.15, -0.1) is 11.8 Å². The maximum Gasteiger partial charge on any atom is 0.0631 e. The van der Waals surface area contributed by atoms with Crippen LogP contribution in [0.2, 0.25) is 0 Å². The van der Waals surface area contributed by atoms with Crippen molar-refractivity contribution in [2.45, 2.75) is 24.3 Å². The minimum Gasteiger partial charge on any atom is -0.398 e. The lowest BCUT2D eigenvalue weighted by Crippen LogP contribution is -2.07. The van der Waals surface area contributed by atoms with Crippen molar-refractivity contribution in [2.75, 3.05) is 11.5 Å². The van der Waals surface area contributed by atoms with Crippen LogP contribution in [0.4, 0.5) is 5.69 Å². The number of benzene rings is 1. The Morgan fingerprint density at radius 3 is 2.86 bits per heavy atom. The fourth-order valence-corrected chi connectivity index (χ4v) is 2.33. The summed E-state index contributed by atoms with van der Waals surface area (Å²) >= 11 is 4.94. The number of rotatable bonds is 4. The average molecular weight is 276 g/mol. The van der Waals surface area contributed by atoms with Gasteiger partial charge in [-0.05, 0) is 24.6 Å². The second-order valence-electron chi connectivity index (χ2n) is 3.06. The third-order valence-electron chi connectivity index (χ3n) is 1.87. The van der Waals surface area contributed by atoms with E-state index in [1.54, 1.807) is 11.8 Å². The largest absolute Gasteiger partial charge is 0.398 e. The summed E-state index contributed by atoms with van der Waals surface area (Å²) in [4.78, 5) is 1.03. The van der Waals surface area contributed by atoms with Crippen LogP contribution in [0.1, 0.15) is 13.3 Å². The van der Waals surface area contributed by atoms with E-state index in [4.69, 9.17) is 5.73 Å². The maximum atomic E-state index is 9.39. The molecule has 0 aromatic heterocycles. The molecular formula is C10H14BrNOS. The fourth-order valence-electron chi connectivity index (χ4n) is 0.955. The molecule has 4 heteroatoms. The lowest BCUT2D eigenvalue weighted by Gasteiger charge is -2.09. The van der Waals surface area contributed by atoms with E-state index in [-0.39, 0.29) is 6.10 Å². The molecule has 0 fully saturated rings. The number of nitrogen functional groups attached to an aromatic ring is 1. The zero-order chi connectivity index (χ0) is 10.6. The van der Waals surface area contributed by atoms with Crippen LogP contribution in [0.25, 0.3) is 0 Å². The zero-order valence-corrected chi connectivity index (χ0v) is 10.4. The van der Waals surface area contributed by atoms with E-state index in [0.717, 1.165) is 21.5 Å². The third kappa shape index (κ3) is 3.52. The predicted molar refractivity (Wildman–Crippen MR) is 65.6 cm³/mol. The highest BCUT2D eigenvalue weighted by Gasteiger charge is 2.04. The lowest BCUT2D eigenvalue weighted by molar-refractivity contribution is 0.195. The molecule has 0 aliphatic carbocycles. The Balaban J connectivity index is 2.59. The van der Waals surface area contributed by atoms with Gasteiger partial charge in [-0.25, -0.2) is 0 Å². The summed E-state index contributed by atoms with van der Waals surface area (Å²) in [6.45, 7) is 1.97. The smallest absolute Gasteiger partial charge is 0.0631 e. The highest BCUT2D eigenvalue weighted by molar-refractivity contribution is 9.10. The standard InChI is InChI=1S/C10H14BrNOS/c1-2-8(13)6-14-10-4-3-7(11)5-9(10)12/h3-5,8,13H,2,6,12H2,1H3.